The zero-order valence-electron chi connectivity index (χ0n) is 18.9. The third-order valence-corrected chi connectivity index (χ3v) is 10.1. The number of allylic oxidation sites excluding steroid dienone is 2. The molecule has 0 aromatic heterocycles. The minimum absolute atomic E-state index is 0.517. The average molecular weight is 370 g/mol. The lowest BCUT2D eigenvalue weighted by molar-refractivity contribution is -0.0515. The first-order valence-corrected chi connectivity index (χ1v) is 12.5. The Labute approximate surface area is 170 Å². The first-order chi connectivity index (χ1) is 12.9. The molecule has 0 bridgehead atoms. The average Bonchev–Trinajstić information content (AvgIpc) is 2.98. The first-order valence-electron chi connectivity index (χ1n) is 12.5. The van der Waals surface area contributed by atoms with E-state index in [0.717, 1.165) is 35.5 Å². The van der Waals surface area contributed by atoms with Crippen molar-refractivity contribution < 1.29 is 0 Å². The Kier molecular flexibility index (Phi) is 5.59. The second-order valence-corrected chi connectivity index (χ2v) is 11.9. The van der Waals surface area contributed by atoms with Gasteiger partial charge in [-0.1, -0.05) is 65.9 Å². The molecule has 0 aliphatic heterocycles. The van der Waals surface area contributed by atoms with E-state index in [1.807, 2.05) is 0 Å². The smallest absolute Gasteiger partial charge is 0.00794 e. The van der Waals surface area contributed by atoms with Crippen LogP contribution in [0.1, 0.15) is 112 Å². The Morgan fingerprint density at radius 2 is 1.78 bits per heavy atom. The van der Waals surface area contributed by atoms with Crippen molar-refractivity contribution in [2.45, 2.75) is 112 Å². The van der Waals surface area contributed by atoms with Crippen molar-refractivity contribution in [1.82, 2.24) is 0 Å². The fourth-order valence-corrected chi connectivity index (χ4v) is 8.56. The van der Waals surface area contributed by atoms with Crippen LogP contribution in [0.4, 0.5) is 0 Å². The highest BCUT2D eigenvalue weighted by Gasteiger charge is 2.58. The fraction of sp³-hybridized carbons (Fsp3) is 0.926. The standard InChI is InChI=1S/C27H45/c1-19(2)9-8-10-20(3)23-14-15-24-22-13-12-21-11-6-7-17-26(21,4)25(22)16-18-27(23,24)5/h19-20,22-25H,6-11,13-18H2,1-5H3/t20-,22+,23-,24+,25+,26+,27-/m1/s1. The van der Waals surface area contributed by atoms with Gasteiger partial charge in [-0.25, -0.2) is 0 Å². The normalized spacial score (nSPS) is 45.0. The molecule has 0 spiro atoms. The molecular weight excluding hydrogens is 324 g/mol. The van der Waals surface area contributed by atoms with Gasteiger partial charge in [-0.15, -0.1) is 0 Å². The van der Waals surface area contributed by atoms with Gasteiger partial charge >= 0.3 is 0 Å². The largest absolute Gasteiger partial charge is 0.0628 e. The summed E-state index contributed by atoms with van der Waals surface area (Å²) in [4.78, 5) is 0. The van der Waals surface area contributed by atoms with E-state index in [0.29, 0.717) is 10.8 Å². The lowest BCUT2D eigenvalue weighted by Gasteiger charge is -2.58. The van der Waals surface area contributed by atoms with E-state index in [4.69, 9.17) is 0 Å². The predicted molar refractivity (Wildman–Crippen MR) is 116 cm³/mol. The van der Waals surface area contributed by atoms with Crippen LogP contribution in [0, 0.1) is 52.4 Å². The lowest BCUT2D eigenvalue weighted by atomic mass is 9.47. The third-order valence-electron chi connectivity index (χ3n) is 10.1. The second kappa shape index (κ2) is 7.53. The summed E-state index contributed by atoms with van der Waals surface area (Å²) < 4.78 is 0. The van der Waals surface area contributed by atoms with Crippen LogP contribution in [-0.4, -0.2) is 0 Å². The topological polar surface area (TPSA) is 0 Å². The van der Waals surface area contributed by atoms with E-state index in [1.54, 1.807) is 5.57 Å². The Morgan fingerprint density at radius 3 is 2.56 bits per heavy atom. The van der Waals surface area contributed by atoms with E-state index in [-0.39, 0.29) is 0 Å². The van der Waals surface area contributed by atoms with Gasteiger partial charge in [0.2, 0.25) is 0 Å². The number of fused-ring (bicyclic) bond motifs is 5. The summed E-state index contributed by atoms with van der Waals surface area (Å²) in [7, 11) is 0. The highest BCUT2D eigenvalue weighted by molar-refractivity contribution is 5.21. The van der Waals surface area contributed by atoms with Crippen molar-refractivity contribution in [3.63, 3.8) is 0 Å². The van der Waals surface area contributed by atoms with Crippen molar-refractivity contribution in [2.24, 2.45) is 46.3 Å². The van der Waals surface area contributed by atoms with Crippen LogP contribution in [0.25, 0.3) is 0 Å². The molecule has 0 unspecified atom stereocenters. The molecule has 0 aromatic rings. The molecule has 0 N–H and O–H groups in total. The van der Waals surface area contributed by atoms with E-state index < -0.39 is 0 Å². The van der Waals surface area contributed by atoms with E-state index >= 15 is 0 Å². The van der Waals surface area contributed by atoms with Crippen molar-refractivity contribution in [3.05, 3.63) is 11.6 Å². The maximum absolute atomic E-state index is 4.00. The second-order valence-electron chi connectivity index (χ2n) is 11.9. The van der Waals surface area contributed by atoms with Gasteiger partial charge in [-0.2, -0.15) is 0 Å². The van der Waals surface area contributed by atoms with E-state index in [9.17, 15) is 0 Å². The summed E-state index contributed by atoms with van der Waals surface area (Å²) in [5, 5.41) is 0. The SMILES string of the molecule is CC(C)CCC[C@@H](C)[C@H]1CC[C@H]2[C@@H]3C[C]=C4CCCC[C@]4(C)[C@H]3CC[C@]12C. The van der Waals surface area contributed by atoms with Crippen molar-refractivity contribution in [3.8, 4) is 0 Å². The molecule has 1 radical (unpaired) electrons. The highest BCUT2D eigenvalue weighted by Crippen LogP contribution is 2.67. The van der Waals surface area contributed by atoms with E-state index in [1.165, 1.54) is 77.0 Å². The molecule has 0 heteroatoms. The van der Waals surface area contributed by atoms with Gasteiger partial charge in [-0.3, -0.25) is 0 Å². The molecule has 0 amide bonds. The van der Waals surface area contributed by atoms with Crippen LogP contribution in [0.5, 0.6) is 0 Å². The maximum Gasteiger partial charge on any atom is -0.00794 e. The van der Waals surface area contributed by atoms with Crippen molar-refractivity contribution in [1.29, 1.82) is 0 Å². The molecule has 3 fully saturated rings. The molecule has 7 atom stereocenters. The lowest BCUT2D eigenvalue weighted by Crippen LogP contribution is -2.50. The molecule has 0 aromatic carbocycles. The van der Waals surface area contributed by atoms with E-state index in [2.05, 4.69) is 40.7 Å². The van der Waals surface area contributed by atoms with Crippen LogP contribution in [0.2, 0.25) is 0 Å². The molecule has 0 saturated heterocycles. The Balaban J connectivity index is 1.49. The van der Waals surface area contributed by atoms with Gasteiger partial charge in [0.25, 0.3) is 0 Å². The highest BCUT2D eigenvalue weighted by atomic mass is 14.6. The minimum Gasteiger partial charge on any atom is -0.0628 e. The van der Waals surface area contributed by atoms with Gasteiger partial charge in [-0.05, 0) is 104 Å². The summed E-state index contributed by atoms with van der Waals surface area (Å²) >= 11 is 0. The maximum atomic E-state index is 4.00. The van der Waals surface area contributed by atoms with Gasteiger partial charge < -0.3 is 0 Å². The van der Waals surface area contributed by atoms with Crippen molar-refractivity contribution in [2.75, 3.05) is 0 Å². The molecule has 27 heavy (non-hydrogen) atoms. The molecule has 0 nitrogen and oxygen atoms in total. The first kappa shape index (κ1) is 20.0. The number of rotatable bonds is 5. The third kappa shape index (κ3) is 3.36. The van der Waals surface area contributed by atoms with Gasteiger partial charge in [0.15, 0.2) is 0 Å². The molecule has 0 heterocycles. The fourth-order valence-electron chi connectivity index (χ4n) is 8.56. The molecule has 4 aliphatic rings. The molecule has 3 saturated carbocycles. The van der Waals surface area contributed by atoms with Gasteiger partial charge in [0.05, 0.1) is 0 Å². The van der Waals surface area contributed by atoms with Crippen LogP contribution in [-0.2, 0) is 0 Å². The summed E-state index contributed by atoms with van der Waals surface area (Å²) in [6.45, 7) is 12.7. The summed E-state index contributed by atoms with van der Waals surface area (Å²) in [5.74, 6) is 5.70. The molecule has 4 rings (SSSR count). The summed E-state index contributed by atoms with van der Waals surface area (Å²) in [6, 6.07) is 0. The van der Waals surface area contributed by atoms with Crippen LogP contribution >= 0.6 is 0 Å². The minimum atomic E-state index is 0.517. The summed E-state index contributed by atoms with van der Waals surface area (Å²) in [5.41, 5.74) is 2.89. The predicted octanol–water partition coefficient (Wildman–Crippen LogP) is 8.22. The van der Waals surface area contributed by atoms with Crippen molar-refractivity contribution >= 4 is 0 Å². The zero-order valence-corrected chi connectivity index (χ0v) is 18.9. The van der Waals surface area contributed by atoms with Gasteiger partial charge in [0.1, 0.15) is 0 Å². The Bertz CT molecular complexity index is 556. The summed E-state index contributed by atoms with van der Waals surface area (Å²) in [6.07, 6.45) is 21.4. The zero-order chi connectivity index (χ0) is 19.2. The number of hydrogen-bond donors (Lipinski definition) is 0. The molecule has 4 aliphatic carbocycles. The van der Waals surface area contributed by atoms with Crippen LogP contribution in [0.15, 0.2) is 5.57 Å². The number of hydrogen-bond acceptors (Lipinski definition) is 0. The Hall–Kier alpha value is -0.260. The quantitative estimate of drug-likeness (QED) is 0.458. The van der Waals surface area contributed by atoms with Gasteiger partial charge in [0, 0.05) is 0 Å². The molecule has 153 valence electrons. The monoisotopic (exact) mass is 369 g/mol. The van der Waals surface area contributed by atoms with Crippen LogP contribution in [0.3, 0.4) is 0 Å². The molecular formula is C27H45. The Morgan fingerprint density at radius 1 is 0.963 bits per heavy atom. The van der Waals surface area contributed by atoms with Crippen LogP contribution < -0.4 is 0 Å².